The first kappa shape index (κ1) is 15.6. The van der Waals surface area contributed by atoms with Crippen molar-refractivity contribution in [3.63, 3.8) is 0 Å². The number of aliphatic hydroxyl groups is 1. The zero-order valence-electron chi connectivity index (χ0n) is 13.1. The zero-order valence-corrected chi connectivity index (χ0v) is 13.9. The van der Waals surface area contributed by atoms with E-state index in [9.17, 15) is 5.11 Å². The van der Waals surface area contributed by atoms with Crippen LogP contribution in [-0.4, -0.2) is 31.4 Å². The van der Waals surface area contributed by atoms with Gasteiger partial charge in [-0.15, -0.1) is 11.3 Å². The van der Waals surface area contributed by atoms with Gasteiger partial charge < -0.3 is 19.3 Å². The summed E-state index contributed by atoms with van der Waals surface area (Å²) in [6.07, 6.45) is -0.860. The van der Waals surface area contributed by atoms with E-state index in [4.69, 9.17) is 14.2 Å². The molecule has 0 amide bonds. The normalized spacial score (nSPS) is 12.2. The second-order valence-corrected chi connectivity index (χ2v) is 5.94. The summed E-state index contributed by atoms with van der Waals surface area (Å²) in [5, 5.41) is 11.3. The van der Waals surface area contributed by atoms with E-state index in [1.54, 1.807) is 33.5 Å². The first-order valence-corrected chi connectivity index (χ1v) is 7.83. The Balaban J connectivity index is 2.06. The van der Waals surface area contributed by atoms with Gasteiger partial charge >= 0.3 is 0 Å². The van der Waals surface area contributed by atoms with Gasteiger partial charge in [-0.05, 0) is 29.8 Å². The topological polar surface area (TPSA) is 60.8 Å². The van der Waals surface area contributed by atoms with Crippen LogP contribution in [0.4, 0.5) is 0 Å². The van der Waals surface area contributed by atoms with Crippen LogP contribution in [0, 0.1) is 0 Å². The van der Waals surface area contributed by atoms with Gasteiger partial charge in [-0.2, -0.15) is 0 Å². The lowest BCUT2D eigenvalue weighted by atomic mass is 10.1. The van der Waals surface area contributed by atoms with Crippen LogP contribution in [-0.2, 0) is 0 Å². The molecule has 0 saturated carbocycles. The average Bonchev–Trinajstić information content (AvgIpc) is 3.03. The molecule has 1 aromatic heterocycles. The maximum absolute atomic E-state index is 10.7. The van der Waals surface area contributed by atoms with E-state index >= 15 is 0 Å². The molecule has 0 aliphatic heterocycles. The third-order valence-corrected chi connectivity index (χ3v) is 4.64. The lowest BCUT2D eigenvalue weighted by Crippen LogP contribution is -2.02. The van der Waals surface area contributed by atoms with Gasteiger partial charge in [0.15, 0.2) is 11.5 Å². The SMILES string of the molecule is COc1cc([C@H](O)c2nc3ccccc3s2)cc(OC)c1OC. The fraction of sp³-hybridized carbons (Fsp3) is 0.235. The molecule has 1 N–H and O–H groups in total. The highest BCUT2D eigenvalue weighted by molar-refractivity contribution is 7.18. The quantitative estimate of drug-likeness (QED) is 0.776. The van der Waals surface area contributed by atoms with E-state index < -0.39 is 6.10 Å². The molecule has 0 spiro atoms. The molecular formula is C17H17NO4S. The van der Waals surface area contributed by atoms with Crippen LogP contribution in [0.1, 0.15) is 16.7 Å². The minimum Gasteiger partial charge on any atom is -0.493 e. The summed E-state index contributed by atoms with van der Waals surface area (Å²) >= 11 is 1.46. The van der Waals surface area contributed by atoms with Gasteiger partial charge in [-0.3, -0.25) is 0 Å². The third-order valence-electron chi connectivity index (χ3n) is 3.55. The predicted molar refractivity (Wildman–Crippen MR) is 89.8 cm³/mol. The third kappa shape index (κ3) is 2.83. The van der Waals surface area contributed by atoms with Crippen LogP contribution in [0.5, 0.6) is 17.2 Å². The van der Waals surface area contributed by atoms with Crippen molar-refractivity contribution in [2.45, 2.75) is 6.10 Å². The van der Waals surface area contributed by atoms with Crippen LogP contribution in [0.3, 0.4) is 0 Å². The Morgan fingerprint density at radius 1 is 1.00 bits per heavy atom. The monoisotopic (exact) mass is 331 g/mol. The van der Waals surface area contributed by atoms with Gasteiger partial charge in [0, 0.05) is 0 Å². The summed E-state index contributed by atoms with van der Waals surface area (Å²) in [6.45, 7) is 0. The molecule has 2 aromatic carbocycles. The number of methoxy groups -OCH3 is 3. The summed E-state index contributed by atoms with van der Waals surface area (Å²) in [6, 6.07) is 11.3. The highest BCUT2D eigenvalue weighted by Crippen LogP contribution is 2.41. The Labute approximate surface area is 138 Å². The highest BCUT2D eigenvalue weighted by Gasteiger charge is 2.21. The summed E-state index contributed by atoms with van der Waals surface area (Å²) < 4.78 is 17.0. The fourth-order valence-corrected chi connectivity index (χ4v) is 3.39. The molecule has 0 radical (unpaired) electrons. The molecule has 1 heterocycles. The molecule has 0 bridgehead atoms. The smallest absolute Gasteiger partial charge is 0.203 e. The van der Waals surface area contributed by atoms with Crippen LogP contribution >= 0.6 is 11.3 Å². The van der Waals surface area contributed by atoms with Crippen molar-refractivity contribution in [3.8, 4) is 17.2 Å². The number of fused-ring (bicyclic) bond motifs is 1. The van der Waals surface area contributed by atoms with Crippen molar-refractivity contribution in [3.05, 3.63) is 47.0 Å². The number of ether oxygens (including phenoxy) is 3. The maximum atomic E-state index is 10.7. The van der Waals surface area contributed by atoms with Crippen molar-refractivity contribution in [2.24, 2.45) is 0 Å². The van der Waals surface area contributed by atoms with Gasteiger partial charge in [0.25, 0.3) is 0 Å². The van der Waals surface area contributed by atoms with Crippen LogP contribution in [0.2, 0.25) is 0 Å². The summed E-state index contributed by atoms with van der Waals surface area (Å²) in [4.78, 5) is 4.50. The number of para-hydroxylation sites is 1. The molecule has 120 valence electrons. The maximum Gasteiger partial charge on any atom is 0.203 e. The standard InChI is InChI=1S/C17H17NO4S/c1-20-12-8-10(9-13(21-2)16(12)22-3)15(19)17-18-11-6-4-5-7-14(11)23-17/h4-9,15,19H,1-3H3/t15-/m0/s1. The van der Waals surface area contributed by atoms with Crippen LogP contribution in [0.25, 0.3) is 10.2 Å². The molecule has 0 fully saturated rings. The average molecular weight is 331 g/mol. The first-order chi connectivity index (χ1) is 11.2. The van der Waals surface area contributed by atoms with Crippen LogP contribution < -0.4 is 14.2 Å². The number of thiazole rings is 1. The second kappa shape index (κ2) is 6.44. The van der Waals surface area contributed by atoms with Gasteiger partial charge in [0.2, 0.25) is 5.75 Å². The predicted octanol–water partition coefficient (Wildman–Crippen LogP) is 3.40. The molecule has 5 nitrogen and oxygen atoms in total. The number of hydrogen-bond acceptors (Lipinski definition) is 6. The number of nitrogens with zero attached hydrogens (tertiary/aromatic N) is 1. The molecule has 1 atom stereocenters. The Bertz CT molecular complexity index is 772. The second-order valence-electron chi connectivity index (χ2n) is 4.88. The lowest BCUT2D eigenvalue weighted by molar-refractivity contribution is 0.218. The van der Waals surface area contributed by atoms with Crippen molar-refractivity contribution >= 4 is 21.6 Å². The number of aliphatic hydroxyl groups excluding tert-OH is 1. The van der Waals surface area contributed by atoms with E-state index in [1.807, 2.05) is 24.3 Å². The van der Waals surface area contributed by atoms with Crippen LogP contribution in [0.15, 0.2) is 36.4 Å². The van der Waals surface area contributed by atoms with Crippen molar-refractivity contribution in [1.82, 2.24) is 4.98 Å². The summed E-state index contributed by atoms with van der Waals surface area (Å²) in [5.41, 5.74) is 1.51. The summed E-state index contributed by atoms with van der Waals surface area (Å²) in [5.74, 6) is 1.50. The minimum atomic E-state index is -0.860. The zero-order chi connectivity index (χ0) is 16.4. The number of hydrogen-bond donors (Lipinski definition) is 1. The lowest BCUT2D eigenvalue weighted by Gasteiger charge is -2.16. The molecule has 0 saturated heterocycles. The highest BCUT2D eigenvalue weighted by atomic mass is 32.1. The molecule has 6 heteroatoms. The van der Waals surface area contributed by atoms with Crippen molar-refractivity contribution < 1.29 is 19.3 Å². The molecule has 0 aliphatic carbocycles. The first-order valence-electron chi connectivity index (χ1n) is 7.01. The van der Waals surface area contributed by atoms with E-state index in [0.29, 0.717) is 27.8 Å². The minimum absolute atomic E-state index is 0.496. The fourth-order valence-electron chi connectivity index (χ4n) is 2.41. The van der Waals surface area contributed by atoms with E-state index in [1.165, 1.54) is 11.3 Å². The molecule has 0 unspecified atom stereocenters. The Kier molecular flexibility index (Phi) is 4.36. The van der Waals surface area contributed by atoms with Crippen molar-refractivity contribution in [1.29, 1.82) is 0 Å². The van der Waals surface area contributed by atoms with Gasteiger partial charge in [-0.25, -0.2) is 4.98 Å². The van der Waals surface area contributed by atoms with Gasteiger partial charge in [0.1, 0.15) is 11.1 Å². The molecular weight excluding hydrogens is 314 g/mol. The van der Waals surface area contributed by atoms with Crippen molar-refractivity contribution in [2.75, 3.05) is 21.3 Å². The molecule has 0 aliphatic rings. The number of aromatic nitrogens is 1. The number of benzene rings is 2. The van der Waals surface area contributed by atoms with E-state index in [-0.39, 0.29) is 0 Å². The van der Waals surface area contributed by atoms with E-state index in [0.717, 1.165) is 10.2 Å². The number of rotatable bonds is 5. The molecule has 23 heavy (non-hydrogen) atoms. The van der Waals surface area contributed by atoms with Gasteiger partial charge in [-0.1, -0.05) is 12.1 Å². The Morgan fingerprint density at radius 3 is 2.22 bits per heavy atom. The van der Waals surface area contributed by atoms with Gasteiger partial charge in [0.05, 0.1) is 31.5 Å². The Hall–Kier alpha value is -2.31. The summed E-state index contributed by atoms with van der Waals surface area (Å²) in [7, 11) is 4.64. The Morgan fingerprint density at radius 2 is 1.65 bits per heavy atom. The molecule has 3 aromatic rings. The molecule has 3 rings (SSSR count). The largest absolute Gasteiger partial charge is 0.493 e. The van der Waals surface area contributed by atoms with E-state index in [2.05, 4.69) is 4.98 Å².